The zero-order chi connectivity index (χ0) is 32.1. The number of aryl methyl sites for hydroxylation is 2. The first-order chi connectivity index (χ1) is 19.7. The molecular formula is C29H36N4O9. The van der Waals surface area contributed by atoms with Gasteiger partial charge >= 0.3 is 18.0 Å². The Morgan fingerprint density at radius 1 is 0.690 bits per heavy atom. The summed E-state index contributed by atoms with van der Waals surface area (Å²) in [5, 5.41) is 9.08. The summed E-state index contributed by atoms with van der Waals surface area (Å²) in [4.78, 5) is 68.7. The van der Waals surface area contributed by atoms with Crippen molar-refractivity contribution < 1.29 is 43.0 Å². The molecule has 0 heterocycles. The number of esters is 2. The van der Waals surface area contributed by atoms with Crippen LogP contribution in [-0.4, -0.2) is 62.2 Å². The summed E-state index contributed by atoms with van der Waals surface area (Å²) in [6.07, 6.45) is -0.669. The van der Waals surface area contributed by atoms with Gasteiger partial charge in [-0.15, -0.1) is 0 Å². The number of anilines is 2. The standard InChI is InChI=1S/C16H21N3O5.C13H15NO4/c1-6-24-16(22)19-18-10(3)12-8-13(15(21)23-5)14(7-9(12)2)17-11(4)20;1-7-5-12(14-9(3)16)11(13(17)18-4)6-10(7)8(2)15/h7-8H,6H2,1-5H3,(H,17,20)(H,19,22);5-6H,1-4H3,(H,14,16)/b18-10+;. The number of rotatable bonds is 8. The number of Topliss-reactive ketones (excluding diaryl/α,β-unsaturated/α-hetero) is 1. The molecule has 0 bridgehead atoms. The first-order valence-corrected chi connectivity index (χ1v) is 12.7. The fourth-order valence-corrected chi connectivity index (χ4v) is 3.68. The highest BCUT2D eigenvalue weighted by molar-refractivity contribution is 6.07. The van der Waals surface area contributed by atoms with E-state index in [1.807, 2.05) is 0 Å². The van der Waals surface area contributed by atoms with Crippen molar-refractivity contribution in [3.63, 3.8) is 0 Å². The molecule has 0 saturated heterocycles. The molecule has 0 aliphatic heterocycles. The normalized spacial score (nSPS) is 10.4. The number of amides is 3. The quantitative estimate of drug-likeness (QED) is 0.135. The summed E-state index contributed by atoms with van der Waals surface area (Å²) in [6.45, 7) is 11.2. The van der Waals surface area contributed by atoms with Crippen LogP contribution in [0.3, 0.4) is 0 Å². The molecule has 2 aromatic carbocycles. The summed E-state index contributed by atoms with van der Waals surface area (Å²) < 4.78 is 14.1. The average molecular weight is 585 g/mol. The molecule has 0 atom stereocenters. The van der Waals surface area contributed by atoms with Gasteiger partial charge in [-0.1, -0.05) is 0 Å². The van der Waals surface area contributed by atoms with Crippen molar-refractivity contribution >= 4 is 52.7 Å². The van der Waals surface area contributed by atoms with Crippen LogP contribution in [0.1, 0.15) is 82.4 Å². The molecule has 2 rings (SSSR count). The van der Waals surface area contributed by atoms with Gasteiger partial charge in [-0.25, -0.2) is 19.8 Å². The van der Waals surface area contributed by atoms with Crippen molar-refractivity contribution in [3.05, 3.63) is 57.6 Å². The molecule has 0 aliphatic carbocycles. The molecule has 3 amide bonds. The van der Waals surface area contributed by atoms with Gasteiger partial charge in [-0.2, -0.15) is 5.10 Å². The molecule has 0 unspecified atom stereocenters. The van der Waals surface area contributed by atoms with E-state index in [0.717, 1.165) is 5.56 Å². The summed E-state index contributed by atoms with van der Waals surface area (Å²) in [6, 6.07) is 6.23. The maximum atomic E-state index is 12.0. The fraction of sp³-hybridized carbons (Fsp3) is 0.345. The molecule has 3 N–H and O–H groups in total. The van der Waals surface area contributed by atoms with Gasteiger partial charge in [0.2, 0.25) is 11.8 Å². The van der Waals surface area contributed by atoms with Crippen LogP contribution in [0, 0.1) is 13.8 Å². The highest BCUT2D eigenvalue weighted by Gasteiger charge is 2.18. The van der Waals surface area contributed by atoms with Gasteiger partial charge in [0.25, 0.3) is 0 Å². The second kappa shape index (κ2) is 16.3. The largest absolute Gasteiger partial charge is 0.465 e. The Bertz CT molecular complexity index is 1410. The van der Waals surface area contributed by atoms with Crippen LogP contribution in [0.2, 0.25) is 0 Å². The minimum atomic E-state index is -0.669. The van der Waals surface area contributed by atoms with Crippen molar-refractivity contribution in [2.24, 2.45) is 5.10 Å². The second-order valence-electron chi connectivity index (χ2n) is 8.86. The van der Waals surface area contributed by atoms with Crippen LogP contribution >= 0.6 is 0 Å². The van der Waals surface area contributed by atoms with E-state index < -0.39 is 18.0 Å². The van der Waals surface area contributed by atoms with Gasteiger partial charge in [0.05, 0.1) is 49.0 Å². The van der Waals surface area contributed by atoms with Crippen LogP contribution in [0.5, 0.6) is 0 Å². The summed E-state index contributed by atoms with van der Waals surface area (Å²) in [5.41, 5.74) is 6.30. The first kappa shape index (κ1) is 35.0. The molecule has 13 heteroatoms. The van der Waals surface area contributed by atoms with Crippen LogP contribution < -0.4 is 16.1 Å². The number of nitrogens with zero attached hydrogens (tertiary/aromatic N) is 1. The molecule has 0 aromatic heterocycles. The van der Waals surface area contributed by atoms with Gasteiger partial charge in [0.15, 0.2) is 5.78 Å². The predicted molar refractivity (Wildman–Crippen MR) is 156 cm³/mol. The van der Waals surface area contributed by atoms with Crippen LogP contribution in [0.25, 0.3) is 0 Å². The lowest BCUT2D eigenvalue weighted by Crippen LogP contribution is -2.21. The Morgan fingerprint density at radius 3 is 1.50 bits per heavy atom. The number of ether oxygens (including phenoxy) is 3. The number of hydrogen-bond acceptors (Lipinski definition) is 10. The van der Waals surface area contributed by atoms with Crippen molar-refractivity contribution in [1.29, 1.82) is 0 Å². The van der Waals surface area contributed by atoms with E-state index in [4.69, 9.17) is 9.47 Å². The lowest BCUT2D eigenvalue weighted by atomic mass is 9.99. The summed E-state index contributed by atoms with van der Waals surface area (Å²) in [7, 11) is 2.50. The van der Waals surface area contributed by atoms with Crippen molar-refractivity contribution in [3.8, 4) is 0 Å². The van der Waals surface area contributed by atoms with E-state index in [9.17, 15) is 28.8 Å². The molecule has 2 aromatic rings. The Morgan fingerprint density at radius 2 is 1.12 bits per heavy atom. The Balaban J connectivity index is 0.000000437. The zero-order valence-electron chi connectivity index (χ0n) is 25.1. The zero-order valence-corrected chi connectivity index (χ0v) is 25.1. The van der Waals surface area contributed by atoms with E-state index in [0.29, 0.717) is 33.8 Å². The van der Waals surface area contributed by atoms with E-state index >= 15 is 0 Å². The Hall–Kier alpha value is -5.07. The molecule has 0 radical (unpaired) electrons. The molecule has 13 nitrogen and oxygen atoms in total. The summed E-state index contributed by atoms with van der Waals surface area (Å²) in [5.74, 6) is -1.93. The highest BCUT2D eigenvalue weighted by atomic mass is 16.6. The average Bonchev–Trinajstić information content (AvgIpc) is 2.90. The topological polar surface area (TPSA) is 179 Å². The first-order valence-electron chi connectivity index (χ1n) is 12.7. The van der Waals surface area contributed by atoms with Crippen molar-refractivity contribution in [1.82, 2.24) is 5.43 Å². The summed E-state index contributed by atoms with van der Waals surface area (Å²) >= 11 is 0. The van der Waals surface area contributed by atoms with Crippen LogP contribution in [-0.2, 0) is 23.8 Å². The van der Waals surface area contributed by atoms with E-state index in [1.54, 1.807) is 45.9 Å². The number of carbonyl (C=O) groups excluding carboxylic acids is 6. The fourth-order valence-electron chi connectivity index (χ4n) is 3.68. The Labute approximate surface area is 244 Å². The minimum absolute atomic E-state index is 0.146. The van der Waals surface area contributed by atoms with E-state index in [2.05, 4.69) is 25.9 Å². The van der Waals surface area contributed by atoms with Crippen LogP contribution in [0.15, 0.2) is 29.4 Å². The molecule has 0 saturated carbocycles. The number of nitrogens with one attached hydrogen (secondary N) is 3. The molecule has 0 aliphatic rings. The minimum Gasteiger partial charge on any atom is -0.465 e. The van der Waals surface area contributed by atoms with Crippen molar-refractivity contribution in [2.75, 3.05) is 31.5 Å². The lowest BCUT2D eigenvalue weighted by molar-refractivity contribution is -0.115. The van der Waals surface area contributed by atoms with Crippen LogP contribution in [0.4, 0.5) is 16.2 Å². The maximum Gasteiger partial charge on any atom is 0.427 e. The second-order valence-corrected chi connectivity index (χ2v) is 8.86. The molecular weight excluding hydrogens is 548 g/mol. The molecule has 226 valence electrons. The van der Waals surface area contributed by atoms with E-state index in [-0.39, 0.29) is 35.3 Å². The molecule has 0 spiro atoms. The number of carbonyl (C=O) groups is 6. The number of hydrogen-bond donors (Lipinski definition) is 3. The highest BCUT2D eigenvalue weighted by Crippen LogP contribution is 2.24. The molecule has 42 heavy (non-hydrogen) atoms. The predicted octanol–water partition coefficient (Wildman–Crippen LogP) is 4.15. The smallest absolute Gasteiger partial charge is 0.427 e. The Kier molecular flexibility index (Phi) is 13.5. The maximum absolute atomic E-state index is 12.0. The van der Waals surface area contributed by atoms with Gasteiger partial charge in [-0.05, 0) is 70.0 Å². The molecule has 0 fully saturated rings. The van der Waals surface area contributed by atoms with E-state index in [1.165, 1.54) is 41.1 Å². The number of hydrazone groups is 1. The van der Waals surface area contributed by atoms with Gasteiger partial charge < -0.3 is 24.8 Å². The third-order valence-corrected chi connectivity index (χ3v) is 5.52. The lowest BCUT2D eigenvalue weighted by Gasteiger charge is -2.13. The number of benzene rings is 2. The van der Waals surface area contributed by atoms with Gasteiger partial charge in [0.1, 0.15) is 0 Å². The number of ketones is 1. The SMILES string of the molecule is CCOC(=O)N/N=C(\C)c1cc(C(=O)OC)c(NC(C)=O)cc1C.COC(=O)c1cc(C(C)=O)c(C)cc1NC(C)=O. The van der Waals surface area contributed by atoms with Gasteiger partial charge in [-0.3, -0.25) is 14.4 Å². The number of methoxy groups -OCH3 is 2. The van der Waals surface area contributed by atoms with Gasteiger partial charge in [0, 0.05) is 25.0 Å². The third kappa shape index (κ3) is 10.2. The monoisotopic (exact) mass is 584 g/mol. The van der Waals surface area contributed by atoms with Crippen molar-refractivity contribution in [2.45, 2.75) is 48.5 Å². The third-order valence-electron chi connectivity index (χ3n) is 5.52.